The number of carbonyl (C=O) groups is 1. The minimum atomic E-state index is -2.72. The predicted molar refractivity (Wildman–Crippen MR) is 65.0 cm³/mol. The number of methoxy groups -OCH3 is 2. The standard InChI is InChI=1S/C13H16F2O4/c1-7(13(16)17)4-8-5-9(12(14)15)11(19-3)10(6-8)18-2/h5-7,12H,4H2,1-3H3,(H,16,17). The molecule has 19 heavy (non-hydrogen) atoms. The molecule has 6 heteroatoms. The third-order valence-electron chi connectivity index (χ3n) is 2.77. The minimum absolute atomic E-state index is 0.0239. The van der Waals surface area contributed by atoms with E-state index in [-0.39, 0.29) is 23.5 Å². The molecular weight excluding hydrogens is 258 g/mol. The first-order valence-corrected chi connectivity index (χ1v) is 5.66. The molecule has 0 fully saturated rings. The maximum absolute atomic E-state index is 13.0. The van der Waals surface area contributed by atoms with Gasteiger partial charge in [0.2, 0.25) is 0 Å². The Morgan fingerprint density at radius 2 is 1.95 bits per heavy atom. The Labute approximate surface area is 109 Å². The molecule has 1 unspecified atom stereocenters. The van der Waals surface area contributed by atoms with E-state index < -0.39 is 18.3 Å². The highest BCUT2D eigenvalue weighted by Gasteiger charge is 2.21. The van der Waals surface area contributed by atoms with E-state index >= 15 is 0 Å². The molecule has 0 aliphatic carbocycles. The van der Waals surface area contributed by atoms with Crippen LogP contribution in [0.25, 0.3) is 0 Å². The lowest BCUT2D eigenvalue weighted by Gasteiger charge is -2.15. The van der Waals surface area contributed by atoms with Gasteiger partial charge >= 0.3 is 5.97 Å². The zero-order chi connectivity index (χ0) is 14.6. The summed E-state index contributed by atoms with van der Waals surface area (Å²) in [5.74, 6) is -1.49. The van der Waals surface area contributed by atoms with Crippen LogP contribution in [0.3, 0.4) is 0 Å². The van der Waals surface area contributed by atoms with Crippen molar-refractivity contribution >= 4 is 5.97 Å². The van der Waals surface area contributed by atoms with Crippen molar-refractivity contribution < 1.29 is 28.2 Å². The molecule has 4 nitrogen and oxygen atoms in total. The van der Waals surface area contributed by atoms with Gasteiger partial charge < -0.3 is 14.6 Å². The van der Waals surface area contributed by atoms with Crippen LogP contribution in [0.2, 0.25) is 0 Å². The van der Waals surface area contributed by atoms with Gasteiger partial charge in [-0.05, 0) is 24.1 Å². The molecule has 0 amide bonds. The van der Waals surface area contributed by atoms with E-state index in [1.54, 1.807) is 0 Å². The highest BCUT2D eigenvalue weighted by Crippen LogP contribution is 2.38. The maximum atomic E-state index is 13.0. The second kappa shape index (κ2) is 6.36. The van der Waals surface area contributed by atoms with Crippen LogP contribution in [-0.2, 0) is 11.2 Å². The van der Waals surface area contributed by atoms with Crippen molar-refractivity contribution in [3.8, 4) is 11.5 Å². The van der Waals surface area contributed by atoms with Gasteiger partial charge in [-0.15, -0.1) is 0 Å². The Balaban J connectivity index is 3.21. The van der Waals surface area contributed by atoms with Gasteiger partial charge in [-0.25, -0.2) is 8.78 Å². The number of alkyl halides is 2. The fourth-order valence-corrected chi connectivity index (χ4v) is 1.77. The molecule has 0 saturated heterocycles. The molecular formula is C13H16F2O4. The summed E-state index contributed by atoms with van der Waals surface area (Å²) < 4.78 is 35.8. The molecule has 1 atom stereocenters. The van der Waals surface area contributed by atoms with Crippen molar-refractivity contribution in [3.05, 3.63) is 23.3 Å². The molecule has 0 bridgehead atoms. The summed E-state index contributed by atoms with van der Waals surface area (Å²) in [6, 6.07) is 2.77. The van der Waals surface area contributed by atoms with E-state index in [1.165, 1.54) is 33.3 Å². The average Bonchev–Trinajstić information content (AvgIpc) is 2.37. The van der Waals surface area contributed by atoms with Crippen LogP contribution < -0.4 is 9.47 Å². The first-order chi connectivity index (χ1) is 8.90. The molecule has 0 saturated carbocycles. The third kappa shape index (κ3) is 3.56. The lowest BCUT2D eigenvalue weighted by molar-refractivity contribution is -0.141. The Hall–Kier alpha value is -1.85. The topological polar surface area (TPSA) is 55.8 Å². The summed E-state index contributed by atoms with van der Waals surface area (Å²) in [4.78, 5) is 10.8. The molecule has 1 rings (SSSR count). The molecule has 1 aromatic carbocycles. The van der Waals surface area contributed by atoms with Crippen LogP contribution in [0.4, 0.5) is 8.78 Å². The normalized spacial score (nSPS) is 12.3. The summed E-state index contributed by atoms with van der Waals surface area (Å²) in [5.41, 5.74) is 0.178. The second-order valence-corrected chi connectivity index (χ2v) is 4.16. The van der Waals surface area contributed by atoms with Crippen molar-refractivity contribution in [2.45, 2.75) is 19.8 Å². The fourth-order valence-electron chi connectivity index (χ4n) is 1.77. The van der Waals surface area contributed by atoms with Gasteiger partial charge in [0.05, 0.1) is 25.7 Å². The summed E-state index contributed by atoms with van der Waals surface area (Å²) >= 11 is 0. The highest BCUT2D eigenvalue weighted by molar-refractivity contribution is 5.70. The second-order valence-electron chi connectivity index (χ2n) is 4.16. The minimum Gasteiger partial charge on any atom is -0.493 e. The smallest absolute Gasteiger partial charge is 0.306 e. The van der Waals surface area contributed by atoms with E-state index in [0.29, 0.717) is 5.56 Å². The molecule has 1 N–H and O–H groups in total. The van der Waals surface area contributed by atoms with Gasteiger partial charge in [-0.3, -0.25) is 4.79 Å². The number of benzene rings is 1. The molecule has 106 valence electrons. The first kappa shape index (κ1) is 15.2. The average molecular weight is 274 g/mol. The summed E-state index contributed by atoms with van der Waals surface area (Å²) in [6.45, 7) is 1.51. The lowest BCUT2D eigenvalue weighted by atomic mass is 9.98. The molecule has 0 heterocycles. The van der Waals surface area contributed by atoms with Crippen LogP contribution in [0.5, 0.6) is 11.5 Å². The van der Waals surface area contributed by atoms with Crippen LogP contribution >= 0.6 is 0 Å². The molecule has 1 aromatic rings. The zero-order valence-electron chi connectivity index (χ0n) is 10.9. The van der Waals surface area contributed by atoms with E-state index in [9.17, 15) is 13.6 Å². The van der Waals surface area contributed by atoms with Crippen LogP contribution in [-0.4, -0.2) is 25.3 Å². The first-order valence-electron chi connectivity index (χ1n) is 5.66. The Bertz CT molecular complexity index is 460. The van der Waals surface area contributed by atoms with Gasteiger partial charge in [-0.2, -0.15) is 0 Å². The Morgan fingerprint density at radius 3 is 2.37 bits per heavy atom. The number of rotatable bonds is 6. The van der Waals surface area contributed by atoms with Crippen molar-refractivity contribution in [1.82, 2.24) is 0 Å². The fraction of sp³-hybridized carbons (Fsp3) is 0.462. The lowest BCUT2D eigenvalue weighted by Crippen LogP contribution is -2.12. The zero-order valence-corrected chi connectivity index (χ0v) is 10.9. The number of hydrogen-bond acceptors (Lipinski definition) is 3. The third-order valence-corrected chi connectivity index (χ3v) is 2.77. The molecule has 0 aromatic heterocycles. The number of halogens is 2. The predicted octanol–water partition coefficient (Wildman–Crippen LogP) is 2.90. The van der Waals surface area contributed by atoms with Gasteiger partial charge in [0.15, 0.2) is 11.5 Å². The molecule has 0 aliphatic rings. The van der Waals surface area contributed by atoms with Crippen molar-refractivity contribution in [1.29, 1.82) is 0 Å². The van der Waals surface area contributed by atoms with E-state index in [2.05, 4.69) is 0 Å². The number of ether oxygens (including phenoxy) is 2. The molecule has 0 radical (unpaired) electrons. The number of hydrogen-bond donors (Lipinski definition) is 1. The summed E-state index contributed by atoms with van der Waals surface area (Å²) in [6.07, 6.45) is -2.57. The van der Waals surface area contributed by atoms with E-state index in [1.807, 2.05) is 0 Å². The quantitative estimate of drug-likeness (QED) is 0.866. The number of carboxylic acids is 1. The van der Waals surface area contributed by atoms with E-state index in [0.717, 1.165) is 0 Å². The molecule has 0 aliphatic heterocycles. The van der Waals surface area contributed by atoms with Gasteiger partial charge in [0.25, 0.3) is 6.43 Å². The summed E-state index contributed by atoms with van der Waals surface area (Å²) in [5, 5.41) is 8.84. The van der Waals surface area contributed by atoms with Crippen molar-refractivity contribution in [2.75, 3.05) is 14.2 Å². The van der Waals surface area contributed by atoms with Crippen molar-refractivity contribution in [3.63, 3.8) is 0 Å². The van der Waals surface area contributed by atoms with Crippen LogP contribution in [0.15, 0.2) is 12.1 Å². The van der Waals surface area contributed by atoms with Gasteiger partial charge in [-0.1, -0.05) is 6.92 Å². The Kier molecular flexibility index (Phi) is 5.09. The largest absolute Gasteiger partial charge is 0.493 e. The summed E-state index contributed by atoms with van der Waals surface area (Å²) in [7, 11) is 2.63. The van der Waals surface area contributed by atoms with Crippen molar-refractivity contribution in [2.24, 2.45) is 5.92 Å². The van der Waals surface area contributed by atoms with E-state index in [4.69, 9.17) is 14.6 Å². The molecule has 0 spiro atoms. The van der Waals surface area contributed by atoms with Crippen LogP contribution in [0.1, 0.15) is 24.5 Å². The van der Waals surface area contributed by atoms with Crippen LogP contribution in [0, 0.1) is 5.92 Å². The Morgan fingerprint density at radius 1 is 1.32 bits per heavy atom. The SMILES string of the molecule is COc1cc(CC(C)C(=O)O)cc(C(F)F)c1OC. The van der Waals surface area contributed by atoms with Gasteiger partial charge in [0, 0.05) is 0 Å². The van der Waals surface area contributed by atoms with Gasteiger partial charge in [0.1, 0.15) is 0 Å². The maximum Gasteiger partial charge on any atom is 0.306 e. The highest BCUT2D eigenvalue weighted by atomic mass is 19.3. The monoisotopic (exact) mass is 274 g/mol. The number of aliphatic carboxylic acids is 1. The number of carboxylic acid groups (broad SMARTS) is 1.